The van der Waals surface area contributed by atoms with Crippen LogP contribution in [0.3, 0.4) is 0 Å². The number of nitrogens with one attached hydrogen (secondary N) is 2. The number of hydrogen-bond acceptors (Lipinski definition) is 7. The molecule has 0 saturated heterocycles. The number of carbonyl (C=O) groups excluding carboxylic acids is 4. The molecule has 0 radical (unpaired) electrons. The highest BCUT2D eigenvalue weighted by Crippen LogP contribution is 2.09. The fraction of sp³-hybridized carbons (Fsp3) is 0.765. The molecule has 0 aliphatic carbocycles. The molecule has 0 saturated carbocycles. The molecule has 10 heteroatoms. The maximum atomic E-state index is 12.1. The highest BCUT2D eigenvalue weighted by atomic mass is 16.6. The quantitative estimate of drug-likeness (QED) is 0.446. The van der Waals surface area contributed by atoms with Gasteiger partial charge in [0, 0.05) is 20.0 Å². The van der Waals surface area contributed by atoms with Crippen LogP contribution in [0.1, 0.15) is 40.5 Å². The van der Waals surface area contributed by atoms with Gasteiger partial charge in [0.25, 0.3) is 0 Å². The molecule has 0 aliphatic rings. The summed E-state index contributed by atoms with van der Waals surface area (Å²) in [7, 11) is 2.75. The van der Waals surface area contributed by atoms with E-state index in [1.54, 1.807) is 34.7 Å². The maximum absolute atomic E-state index is 12.1. The number of likely N-dealkylation sites (N-methyl/N-ethyl adjacent to an activating group) is 1. The van der Waals surface area contributed by atoms with Crippen molar-refractivity contribution in [3.05, 3.63) is 0 Å². The zero-order valence-corrected chi connectivity index (χ0v) is 16.9. The highest BCUT2D eigenvalue weighted by Gasteiger charge is 2.26. The normalized spacial score (nSPS) is 11.8. The number of alkyl carbamates (subject to hydrolysis) is 2. The molecule has 3 amide bonds. The summed E-state index contributed by atoms with van der Waals surface area (Å²) in [6, 6.07) is -1.01. The number of hydrogen-bond donors (Lipinski definition) is 2. The molecule has 0 fully saturated rings. The molecule has 0 aromatic heterocycles. The molecule has 10 nitrogen and oxygen atoms in total. The number of carbonyl (C=O) groups is 4. The van der Waals surface area contributed by atoms with Crippen LogP contribution < -0.4 is 10.6 Å². The molecule has 0 heterocycles. The fourth-order valence-corrected chi connectivity index (χ4v) is 1.90. The Morgan fingerprint density at radius 2 is 1.74 bits per heavy atom. The molecule has 0 aliphatic heterocycles. The lowest BCUT2D eigenvalue weighted by molar-refractivity contribution is -0.143. The van der Waals surface area contributed by atoms with Gasteiger partial charge in [-0.25, -0.2) is 14.4 Å². The number of amides is 3. The predicted octanol–water partition coefficient (Wildman–Crippen LogP) is 1.04. The van der Waals surface area contributed by atoms with E-state index in [2.05, 4.69) is 15.4 Å². The van der Waals surface area contributed by atoms with E-state index in [-0.39, 0.29) is 31.9 Å². The monoisotopic (exact) mass is 389 g/mol. The van der Waals surface area contributed by atoms with Gasteiger partial charge in [-0.15, -0.1) is 0 Å². The Kier molecular flexibility index (Phi) is 10.9. The van der Waals surface area contributed by atoms with Gasteiger partial charge < -0.3 is 29.7 Å². The molecule has 0 aromatic carbocycles. The van der Waals surface area contributed by atoms with Crippen molar-refractivity contribution in [1.82, 2.24) is 15.5 Å². The Morgan fingerprint density at radius 1 is 1.11 bits per heavy atom. The number of esters is 1. The molecule has 1 atom stereocenters. The topological polar surface area (TPSA) is 123 Å². The largest absolute Gasteiger partial charge is 0.467 e. The Labute approximate surface area is 159 Å². The zero-order chi connectivity index (χ0) is 21.0. The van der Waals surface area contributed by atoms with Crippen LogP contribution in [0.15, 0.2) is 0 Å². The van der Waals surface area contributed by atoms with E-state index in [4.69, 9.17) is 9.47 Å². The second-order valence-electron chi connectivity index (χ2n) is 6.74. The van der Waals surface area contributed by atoms with Crippen LogP contribution in [-0.4, -0.2) is 74.5 Å². The van der Waals surface area contributed by atoms with Gasteiger partial charge in [-0.2, -0.15) is 0 Å². The average molecular weight is 389 g/mol. The lowest BCUT2D eigenvalue weighted by atomic mass is 10.1. The minimum atomic E-state index is -1.01. The number of nitrogens with zero attached hydrogens (tertiary/aromatic N) is 1. The second kappa shape index (κ2) is 12.0. The van der Waals surface area contributed by atoms with Gasteiger partial charge in [0.2, 0.25) is 5.91 Å². The summed E-state index contributed by atoms with van der Waals surface area (Å²) in [5, 5.41) is 4.88. The van der Waals surface area contributed by atoms with Crippen molar-refractivity contribution in [2.24, 2.45) is 0 Å². The molecule has 1 unspecified atom stereocenters. The smallest absolute Gasteiger partial charge is 0.408 e. The van der Waals surface area contributed by atoms with E-state index in [1.165, 1.54) is 12.0 Å². The number of ether oxygens (including phenoxy) is 3. The van der Waals surface area contributed by atoms with Crippen LogP contribution in [0.4, 0.5) is 9.59 Å². The summed E-state index contributed by atoms with van der Waals surface area (Å²) >= 11 is 0. The predicted molar refractivity (Wildman–Crippen MR) is 97.1 cm³/mol. The Balaban J connectivity index is 4.47. The lowest BCUT2D eigenvalue weighted by Gasteiger charge is -2.23. The standard InChI is InChI=1S/C17H31N3O7/c1-7-18-15(23)26-11-10-20(5)13(21)9-8-12(14(22)25-6)19-16(24)27-17(2,3)4/h12H,7-11H2,1-6H3,(H,18,23)(H,19,24). The van der Waals surface area contributed by atoms with Gasteiger partial charge in [-0.05, 0) is 34.1 Å². The first kappa shape index (κ1) is 24.5. The molecule has 0 aromatic rings. The van der Waals surface area contributed by atoms with Crippen LogP contribution in [0.2, 0.25) is 0 Å². The number of rotatable bonds is 9. The average Bonchev–Trinajstić information content (AvgIpc) is 2.55. The van der Waals surface area contributed by atoms with Crippen LogP contribution in [0, 0.1) is 0 Å². The van der Waals surface area contributed by atoms with E-state index in [0.717, 1.165) is 0 Å². The van der Waals surface area contributed by atoms with Crippen molar-refractivity contribution in [1.29, 1.82) is 0 Å². The summed E-state index contributed by atoms with van der Waals surface area (Å²) < 4.78 is 14.6. The van der Waals surface area contributed by atoms with Crippen LogP contribution in [0.25, 0.3) is 0 Å². The first-order valence-corrected chi connectivity index (χ1v) is 8.72. The van der Waals surface area contributed by atoms with Crippen molar-refractivity contribution in [3.8, 4) is 0 Å². The molecular weight excluding hydrogens is 358 g/mol. The van der Waals surface area contributed by atoms with E-state index >= 15 is 0 Å². The Hall–Kier alpha value is -2.52. The van der Waals surface area contributed by atoms with Gasteiger partial charge in [0.15, 0.2) is 0 Å². The fourth-order valence-electron chi connectivity index (χ4n) is 1.90. The minimum absolute atomic E-state index is 0.00673. The van der Waals surface area contributed by atoms with E-state index in [1.807, 2.05) is 0 Å². The van der Waals surface area contributed by atoms with Crippen molar-refractivity contribution in [2.45, 2.75) is 52.2 Å². The summed E-state index contributed by atoms with van der Waals surface area (Å²) in [5.74, 6) is -0.940. The molecule has 156 valence electrons. The van der Waals surface area contributed by atoms with Crippen molar-refractivity contribution >= 4 is 24.1 Å². The van der Waals surface area contributed by atoms with Gasteiger partial charge in [0.1, 0.15) is 18.2 Å². The van der Waals surface area contributed by atoms with Crippen LogP contribution in [0.5, 0.6) is 0 Å². The third-order valence-electron chi connectivity index (χ3n) is 3.23. The molecule has 2 N–H and O–H groups in total. The van der Waals surface area contributed by atoms with Crippen LogP contribution in [-0.2, 0) is 23.8 Å². The van der Waals surface area contributed by atoms with Gasteiger partial charge in [-0.3, -0.25) is 4.79 Å². The summed E-state index contributed by atoms with van der Waals surface area (Å²) in [5.41, 5.74) is -0.717. The van der Waals surface area contributed by atoms with Crippen molar-refractivity contribution in [3.63, 3.8) is 0 Å². The lowest BCUT2D eigenvalue weighted by Crippen LogP contribution is -2.44. The Bertz CT molecular complexity index is 517. The Morgan fingerprint density at radius 3 is 2.26 bits per heavy atom. The zero-order valence-electron chi connectivity index (χ0n) is 16.9. The van der Waals surface area contributed by atoms with Gasteiger partial charge in [-0.1, -0.05) is 0 Å². The summed E-state index contributed by atoms with van der Waals surface area (Å²) in [6.45, 7) is 7.55. The second-order valence-corrected chi connectivity index (χ2v) is 6.74. The maximum Gasteiger partial charge on any atom is 0.408 e. The molecule has 0 bridgehead atoms. The number of methoxy groups -OCH3 is 1. The van der Waals surface area contributed by atoms with Gasteiger partial charge in [0.05, 0.1) is 13.7 Å². The van der Waals surface area contributed by atoms with Crippen LogP contribution >= 0.6 is 0 Å². The first-order chi connectivity index (χ1) is 12.5. The van der Waals surface area contributed by atoms with Crippen molar-refractivity contribution in [2.75, 3.05) is 33.9 Å². The highest BCUT2D eigenvalue weighted by molar-refractivity contribution is 5.82. The minimum Gasteiger partial charge on any atom is -0.467 e. The molecule has 27 heavy (non-hydrogen) atoms. The third-order valence-corrected chi connectivity index (χ3v) is 3.23. The summed E-state index contributed by atoms with van der Waals surface area (Å²) in [4.78, 5) is 48.4. The summed E-state index contributed by atoms with van der Waals surface area (Å²) in [6.07, 6.45) is -1.28. The first-order valence-electron chi connectivity index (χ1n) is 8.72. The molecule has 0 spiro atoms. The molecular formula is C17H31N3O7. The van der Waals surface area contributed by atoms with Crippen molar-refractivity contribution < 1.29 is 33.4 Å². The molecule has 0 rings (SSSR count). The van der Waals surface area contributed by atoms with Gasteiger partial charge >= 0.3 is 18.2 Å². The SMILES string of the molecule is CCNC(=O)OCCN(C)C(=O)CCC(NC(=O)OC(C)(C)C)C(=O)OC. The third kappa shape index (κ3) is 11.7. The van der Waals surface area contributed by atoms with E-state index < -0.39 is 29.8 Å². The van der Waals surface area contributed by atoms with E-state index in [9.17, 15) is 19.2 Å². The van der Waals surface area contributed by atoms with E-state index in [0.29, 0.717) is 6.54 Å².